The molecular weight excluding hydrogens is 226 g/mol. The van der Waals surface area contributed by atoms with Gasteiger partial charge in [-0.15, -0.1) is 0 Å². The van der Waals surface area contributed by atoms with Gasteiger partial charge in [0.05, 0.1) is 0 Å². The zero-order chi connectivity index (χ0) is 11.5. The van der Waals surface area contributed by atoms with Gasteiger partial charge in [-0.25, -0.2) is 9.97 Å². The Bertz CT molecular complexity index is 368. The van der Waals surface area contributed by atoms with Gasteiger partial charge in [0.2, 0.25) is 0 Å². The van der Waals surface area contributed by atoms with Crippen LogP contribution in [0.5, 0.6) is 0 Å². The van der Waals surface area contributed by atoms with Gasteiger partial charge in [-0.05, 0) is 26.2 Å². The molecule has 0 amide bonds. The Kier molecular flexibility index (Phi) is 3.61. The molecule has 16 heavy (non-hydrogen) atoms. The summed E-state index contributed by atoms with van der Waals surface area (Å²) in [6.07, 6.45) is 3.01. The molecule has 2 rings (SSSR count). The second-order valence-corrected chi connectivity index (χ2v) is 4.65. The summed E-state index contributed by atoms with van der Waals surface area (Å²) < 4.78 is 0. The van der Waals surface area contributed by atoms with E-state index in [-0.39, 0.29) is 12.6 Å². The largest absolute Gasteiger partial charge is 0.396 e. The average molecular weight is 242 g/mol. The lowest BCUT2D eigenvalue weighted by Gasteiger charge is -2.13. The Balaban J connectivity index is 2.07. The van der Waals surface area contributed by atoms with Crippen molar-refractivity contribution in [1.29, 1.82) is 0 Å². The van der Waals surface area contributed by atoms with Crippen molar-refractivity contribution in [2.75, 3.05) is 11.9 Å². The number of aromatic nitrogens is 2. The summed E-state index contributed by atoms with van der Waals surface area (Å²) >= 11 is 5.94. The van der Waals surface area contributed by atoms with Crippen molar-refractivity contribution in [3.63, 3.8) is 0 Å². The monoisotopic (exact) mass is 241 g/mol. The molecule has 88 valence electrons. The van der Waals surface area contributed by atoms with Crippen LogP contribution in [0.2, 0.25) is 5.15 Å². The van der Waals surface area contributed by atoms with Gasteiger partial charge in [0.15, 0.2) is 0 Å². The molecule has 0 spiro atoms. The van der Waals surface area contributed by atoms with E-state index in [1.54, 1.807) is 6.07 Å². The van der Waals surface area contributed by atoms with Gasteiger partial charge in [-0.3, -0.25) is 0 Å². The maximum atomic E-state index is 8.82. The molecule has 1 saturated carbocycles. The molecule has 5 heteroatoms. The predicted octanol–water partition coefficient (Wildman–Crippen LogP) is 2.19. The minimum atomic E-state index is 0.169. The van der Waals surface area contributed by atoms with E-state index in [9.17, 15) is 0 Å². The fraction of sp³-hybridized carbons (Fsp3) is 0.636. The first-order valence-electron chi connectivity index (χ1n) is 5.61. The molecule has 1 aliphatic carbocycles. The number of aliphatic hydroxyl groups excluding tert-OH is 1. The third kappa shape index (κ3) is 3.06. The molecular formula is C11H16ClN3O. The first-order valence-corrected chi connectivity index (χ1v) is 5.98. The zero-order valence-corrected chi connectivity index (χ0v) is 10.0. The molecule has 1 fully saturated rings. The lowest BCUT2D eigenvalue weighted by atomic mass is 10.2. The smallest absolute Gasteiger partial charge is 0.135 e. The fourth-order valence-electron chi connectivity index (χ4n) is 1.55. The summed E-state index contributed by atoms with van der Waals surface area (Å²) in [7, 11) is 0. The van der Waals surface area contributed by atoms with Crippen LogP contribution >= 0.6 is 11.6 Å². The van der Waals surface area contributed by atoms with Crippen LogP contribution in [0.1, 0.15) is 37.9 Å². The van der Waals surface area contributed by atoms with E-state index in [1.807, 2.05) is 6.92 Å². The van der Waals surface area contributed by atoms with Crippen molar-refractivity contribution in [3.8, 4) is 0 Å². The van der Waals surface area contributed by atoms with E-state index in [0.717, 1.165) is 24.5 Å². The molecule has 1 heterocycles. The van der Waals surface area contributed by atoms with Crippen LogP contribution in [0.15, 0.2) is 6.07 Å². The molecule has 1 atom stereocenters. The summed E-state index contributed by atoms with van der Waals surface area (Å²) in [4.78, 5) is 8.64. The number of hydrogen-bond donors (Lipinski definition) is 2. The van der Waals surface area contributed by atoms with Gasteiger partial charge in [0.25, 0.3) is 0 Å². The van der Waals surface area contributed by atoms with Gasteiger partial charge in [0, 0.05) is 24.6 Å². The third-order valence-electron chi connectivity index (χ3n) is 2.61. The van der Waals surface area contributed by atoms with Crippen LogP contribution in [-0.4, -0.2) is 27.7 Å². The highest BCUT2D eigenvalue weighted by Crippen LogP contribution is 2.38. The standard InChI is InChI=1S/C11H16ClN3O/c1-7(4-5-16)13-10-6-9(12)14-11(15-10)8-2-3-8/h6-8,16H,2-5H2,1H3,(H,13,14,15). The van der Waals surface area contributed by atoms with E-state index < -0.39 is 0 Å². The Morgan fingerprint density at radius 2 is 2.31 bits per heavy atom. The van der Waals surface area contributed by atoms with Crippen molar-refractivity contribution in [3.05, 3.63) is 17.0 Å². The molecule has 0 radical (unpaired) electrons. The van der Waals surface area contributed by atoms with Crippen molar-refractivity contribution >= 4 is 17.4 Å². The normalized spacial score (nSPS) is 17.2. The molecule has 0 aliphatic heterocycles. The number of anilines is 1. The maximum Gasteiger partial charge on any atom is 0.135 e. The second kappa shape index (κ2) is 4.97. The van der Waals surface area contributed by atoms with E-state index in [2.05, 4.69) is 15.3 Å². The van der Waals surface area contributed by atoms with E-state index in [0.29, 0.717) is 17.5 Å². The van der Waals surface area contributed by atoms with Crippen LogP contribution in [-0.2, 0) is 0 Å². The Hall–Kier alpha value is -0.870. The molecule has 0 bridgehead atoms. The summed E-state index contributed by atoms with van der Waals surface area (Å²) in [6.45, 7) is 2.17. The van der Waals surface area contributed by atoms with Gasteiger partial charge in [-0.2, -0.15) is 0 Å². The van der Waals surface area contributed by atoms with E-state index >= 15 is 0 Å². The number of aliphatic hydroxyl groups is 1. The van der Waals surface area contributed by atoms with Crippen molar-refractivity contribution in [2.24, 2.45) is 0 Å². The average Bonchev–Trinajstić information content (AvgIpc) is 2.99. The highest BCUT2D eigenvalue weighted by atomic mass is 35.5. The first-order chi connectivity index (χ1) is 7.69. The first kappa shape index (κ1) is 11.6. The molecule has 1 aromatic rings. The molecule has 0 saturated heterocycles. The number of nitrogens with one attached hydrogen (secondary N) is 1. The molecule has 1 unspecified atom stereocenters. The van der Waals surface area contributed by atoms with E-state index in [4.69, 9.17) is 16.7 Å². The van der Waals surface area contributed by atoms with E-state index in [1.165, 1.54) is 0 Å². The topological polar surface area (TPSA) is 58.0 Å². The van der Waals surface area contributed by atoms with Crippen LogP contribution < -0.4 is 5.32 Å². The molecule has 1 aliphatic rings. The van der Waals surface area contributed by atoms with Crippen LogP contribution in [0, 0.1) is 0 Å². The lowest BCUT2D eigenvalue weighted by Crippen LogP contribution is -2.18. The number of rotatable bonds is 5. The highest BCUT2D eigenvalue weighted by molar-refractivity contribution is 6.29. The molecule has 1 aromatic heterocycles. The SMILES string of the molecule is CC(CCO)Nc1cc(Cl)nc(C2CC2)n1. The van der Waals surface area contributed by atoms with Gasteiger partial charge < -0.3 is 10.4 Å². The van der Waals surface area contributed by atoms with Crippen molar-refractivity contribution in [1.82, 2.24) is 9.97 Å². The summed E-state index contributed by atoms with van der Waals surface area (Å²) in [5.74, 6) is 2.08. The Morgan fingerprint density at radius 3 is 2.94 bits per heavy atom. The minimum absolute atomic E-state index is 0.169. The summed E-state index contributed by atoms with van der Waals surface area (Å²) in [5.41, 5.74) is 0. The lowest BCUT2D eigenvalue weighted by molar-refractivity contribution is 0.282. The zero-order valence-electron chi connectivity index (χ0n) is 9.28. The highest BCUT2D eigenvalue weighted by Gasteiger charge is 2.27. The quantitative estimate of drug-likeness (QED) is 0.776. The molecule has 0 aromatic carbocycles. The van der Waals surface area contributed by atoms with Crippen molar-refractivity contribution in [2.45, 2.75) is 38.1 Å². The number of halogens is 1. The van der Waals surface area contributed by atoms with Gasteiger partial charge in [-0.1, -0.05) is 11.6 Å². The second-order valence-electron chi connectivity index (χ2n) is 4.27. The minimum Gasteiger partial charge on any atom is -0.396 e. The third-order valence-corrected chi connectivity index (χ3v) is 2.80. The molecule has 2 N–H and O–H groups in total. The number of nitrogens with zero attached hydrogens (tertiary/aromatic N) is 2. The predicted molar refractivity (Wildman–Crippen MR) is 63.8 cm³/mol. The van der Waals surface area contributed by atoms with Crippen LogP contribution in [0.25, 0.3) is 0 Å². The molecule has 4 nitrogen and oxygen atoms in total. The van der Waals surface area contributed by atoms with Crippen LogP contribution in [0.3, 0.4) is 0 Å². The summed E-state index contributed by atoms with van der Waals surface area (Å²) in [5, 5.41) is 12.5. The van der Waals surface area contributed by atoms with Gasteiger partial charge >= 0.3 is 0 Å². The summed E-state index contributed by atoms with van der Waals surface area (Å²) in [6, 6.07) is 1.91. The van der Waals surface area contributed by atoms with Crippen LogP contribution in [0.4, 0.5) is 5.82 Å². The van der Waals surface area contributed by atoms with Gasteiger partial charge in [0.1, 0.15) is 16.8 Å². The van der Waals surface area contributed by atoms with Crippen molar-refractivity contribution < 1.29 is 5.11 Å². The Morgan fingerprint density at radius 1 is 1.56 bits per heavy atom. The number of hydrogen-bond acceptors (Lipinski definition) is 4. The Labute approximate surface area is 100 Å². The fourth-order valence-corrected chi connectivity index (χ4v) is 1.74. The maximum absolute atomic E-state index is 8.82.